The molecule has 0 saturated carbocycles. The number of hydrogen-bond acceptors (Lipinski definition) is 2. The van der Waals surface area contributed by atoms with Crippen LogP contribution < -0.4 is 0 Å². The van der Waals surface area contributed by atoms with Gasteiger partial charge in [-0.3, -0.25) is 4.99 Å². The largest absolute Gasteiger partial charge is 0.306 e. The van der Waals surface area contributed by atoms with E-state index < -0.39 is 0 Å². The molecule has 0 amide bonds. The number of likely N-dealkylation sites (tertiary alicyclic amines) is 1. The van der Waals surface area contributed by atoms with Gasteiger partial charge in [-0.05, 0) is 32.0 Å². The fourth-order valence-electron chi connectivity index (χ4n) is 1.46. The second kappa shape index (κ2) is 8.95. The molecule has 0 spiro atoms. The van der Waals surface area contributed by atoms with Gasteiger partial charge in [0.15, 0.2) is 0 Å². The van der Waals surface area contributed by atoms with Crippen LogP contribution in [0, 0.1) is 5.92 Å². The van der Waals surface area contributed by atoms with Gasteiger partial charge in [-0.15, -0.1) is 0 Å². The lowest BCUT2D eigenvalue weighted by Gasteiger charge is -2.03. The van der Waals surface area contributed by atoms with Crippen molar-refractivity contribution in [2.75, 3.05) is 26.7 Å². The van der Waals surface area contributed by atoms with Gasteiger partial charge < -0.3 is 4.90 Å². The van der Waals surface area contributed by atoms with Crippen LogP contribution in [0.25, 0.3) is 0 Å². The minimum atomic E-state index is 0.889. The molecule has 82 valence electrons. The van der Waals surface area contributed by atoms with Gasteiger partial charge in [0.2, 0.25) is 0 Å². The molecule has 2 aliphatic rings. The Bertz CT molecular complexity index is 155. The summed E-state index contributed by atoms with van der Waals surface area (Å²) >= 11 is 0. The monoisotopic (exact) mass is 196 g/mol. The molecule has 2 heteroatoms. The summed E-state index contributed by atoms with van der Waals surface area (Å²) in [6.07, 6.45) is 7.16. The van der Waals surface area contributed by atoms with Crippen molar-refractivity contribution >= 4 is 6.21 Å². The zero-order valence-corrected chi connectivity index (χ0v) is 10.0. The Balaban J connectivity index is 0.000000213. The first kappa shape index (κ1) is 13.4. The van der Waals surface area contributed by atoms with Gasteiger partial charge >= 0.3 is 0 Å². The van der Waals surface area contributed by atoms with E-state index in [-0.39, 0.29) is 0 Å². The van der Waals surface area contributed by atoms with Crippen LogP contribution in [0.5, 0.6) is 0 Å². The molecule has 2 nitrogen and oxygen atoms in total. The highest BCUT2D eigenvalue weighted by Gasteiger charge is 2.13. The molecule has 1 unspecified atom stereocenters. The van der Waals surface area contributed by atoms with Crippen molar-refractivity contribution in [3.05, 3.63) is 12.2 Å². The standard InChI is InChI=1S/C6H13N.C4H5N.C2H6/c1-6-3-4-7(2)5-6;1-2-4-5-3-1;1-2/h6H,3-5H2,1-2H3;1-3H,4H2;1-2H3. The molecule has 0 aromatic rings. The van der Waals surface area contributed by atoms with Gasteiger partial charge in [-0.2, -0.15) is 0 Å². The molecule has 0 aromatic carbocycles. The minimum absolute atomic E-state index is 0.889. The molecule has 2 aliphatic heterocycles. The number of aliphatic imine (C=N–C) groups is 1. The number of rotatable bonds is 0. The van der Waals surface area contributed by atoms with E-state index in [4.69, 9.17) is 0 Å². The number of nitrogens with zero attached hydrogens (tertiary/aromatic N) is 2. The zero-order valence-electron chi connectivity index (χ0n) is 10.0. The Morgan fingerprint density at radius 1 is 1.36 bits per heavy atom. The quantitative estimate of drug-likeness (QED) is 0.581. The third kappa shape index (κ3) is 6.84. The molecule has 0 aromatic heterocycles. The fraction of sp³-hybridized carbons (Fsp3) is 0.750. The fourth-order valence-corrected chi connectivity index (χ4v) is 1.46. The Kier molecular flexibility index (Phi) is 8.54. The zero-order chi connectivity index (χ0) is 10.8. The SMILES string of the molecule is C1=CCN=C1.CC.CC1CCN(C)C1. The van der Waals surface area contributed by atoms with Crippen molar-refractivity contribution < 1.29 is 0 Å². The van der Waals surface area contributed by atoms with Crippen LogP contribution in [-0.2, 0) is 0 Å². The average Bonchev–Trinajstić information content (AvgIpc) is 2.84. The first-order valence-corrected chi connectivity index (χ1v) is 5.62. The second-order valence-corrected chi connectivity index (χ2v) is 3.60. The molecule has 0 bridgehead atoms. The molecular formula is C12H24N2. The summed E-state index contributed by atoms with van der Waals surface area (Å²) in [4.78, 5) is 6.23. The Morgan fingerprint density at radius 2 is 2.07 bits per heavy atom. The smallest absolute Gasteiger partial charge is 0.0573 e. The molecule has 1 saturated heterocycles. The van der Waals surface area contributed by atoms with Crippen LogP contribution in [0.4, 0.5) is 0 Å². The molecule has 0 aliphatic carbocycles. The van der Waals surface area contributed by atoms with Crippen LogP contribution >= 0.6 is 0 Å². The average molecular weight is 196 g/mol. The van der Waals surface area contributed by atoms with E-state index >= 15 is 0 Å². The summed E-state index contributed by atoms with van der Waals surface area (Å²) in [7, 11) is 2.18. The molecule has 0 radical (unpaired) electrons. The van der Waals surface area contributed by atoms with E-state index in [1.807, 2.05) is 26.0 Å². The lowest BCUT2D eigenvalue weighted by molar-refractivity contribution is 0.402. The third-order valence-corrected chi connectivity index (χ3v) is 2.17. The highest BCUT2D eigenvalue weighted by atomic mass is 15.1. The Labute approximate surface area is 88.7 Å². The Morgan fingerprint density at radius 3 is 2.21 bits per heavy atom. The van der Waals surface area contributed by atoms with E-state index in [9.17, 15) is 0 Å². The summed E-state index contributed by atoms with van der Waals surface area (Å²) in [5, 5.41) is 0. The normalized spacial score (nSPS) is 23.9. The highest BCUT2D eigenvalue weighted by molar-refractivity contribution is 5.73. The third-order valence-electron chi connectivity index (χ3n) is 2.17. The van der Waals surface area contributed by atoms with Gasteiger partial charge in [-0.25, -0.2) is 0 Å². The van der Waals surface area contributed by atoms with Crippen molar-refractivity contribution in [1.29, 1.82) is 0 Å². The van der Waals surface area contributed by atoms with Gasteiger partial charge in [0.05, 0.1) is 6.54 Å². The van der Waals surface area contributed by atoms with Crippen LogP contribution in [0.1, 0.15) is 27.2 Å². The molecule has 1 fully saturated rings. The summed E-state index contributed by atoms with van der Waals surface area (Å²) in [5.41, 5.74) is 0. The van der Waals surface area contributed by atoms with Crippen molar-refractivity contribution in [1.82, 2.24) is 4.90 Å². The van der Waals surface area contributed by atoms with Crippen molar-refractivity contribution in [3.8, 4) is 0 Å². The number of allylic oxidation sites excluding steroid dienone is 1. The summed E-state index contributed by atoms with van der Waals surface area (Å²) in [5.74, 6) is 0.949. The predicted molar refractivity (Wildman–Crippen MR) is 65.1 cm³/mol. The maximum Gasteiger partial charge on any atom is 0.0573 e. The molecule has 2 heterocycles. The van der Waals surface area contributed by atoms with Crippen molar-refractivity contribution in [3.63, 3.8) is 0 Å². The van der Waals surface area contributed by atoms with Crippen molar-refractivity contribution in [2.45, 2.75) is 27.2 Å². The highest BCUT2D eigenvalue weighted by Crippen LogP contribution is 2.11. The van der Waals surface area contributed by atoms with E-state index in [0.29, 0.717) is 0 Å². The van der Waals surface area contributed by atoms with Crippen molar-refractivity contribution in [2.24, 2.45) is 10.9 Å². The first-order chi connectivity index (χ1) is 6.79. The maximum atomic E-state index is 3.85. The van der Waals surface area contributed by atoms with E-state index in [1.165, 1.54) is 19.5 Å². The van der Waals surface area contributed by atoms with Crippen LogP contribution in [0.3, 0.4) is 0 Å². The first-order valence-electron chi connectivity index (χ1n) is 5.62. The molecule has 14 heavy (non-hydrogen) atoms. The van der Waals surface area contributed by atoms with Gasteiger partial charge in [0.25, 0.3) is 0 Å². The second-order valence-electron chi connectivity index (χ2n) is 3.60. The van der Waals surface area contributed by atoms with E-state index in [0.717, 1.165) is 12.5 Å². The summed E-state index contributed by atoms with van der Waals surface area (Å²) < 4.78 is 0. The lowest BCUT2D eigenvalue weighted by atomic mass is 10.2. The Hall–Kier alpha value is -0.630. The summed E-state index contributed by atoms with van der Waals surface area (Å²) in [6, 6.07) is 0. The van der Waals surface area contributed by atoms with Crippen LogP contribution in [0.15, 0.2) is 17.1 Å². The summed E-state index contributed by atoms with van der Waals surface area (Å²) in [6.45, 7) is 9.81. The van der Waals surface area contributed by atoms with Crippen LogP contribution in [-0.4, -0.2) is 37.8 Å². The van der Waals surface area contributed by atoms with Gasteiger partial charge in [-0.1, -0.05) is 26.8 Å². The van der Waals surface area contributed by atoms with E-state index in [2.05, 4.69) is 23.9 Å². The molecule has 0 N–H and O–H groups in total. The van der Waals surface area contributed by atoms with Gasteiger partial charge in [0, 0.05) is 12.8 Å². The molecule has 1 atom stereocenters. The maximum absolute atomic E-state index is 3.85. The molecule has 2 rings (SSSR count). The van der Waals surface area contributed by atoms with Gasteiger partial charge in [0.1, 0.15) is 0 Å². The topological polar surface area (TPSA) is 15.6 Å². The minimum Gasteiger partial charge on any atom is -0.306 e. The predicted octanol–water partition coefficient (Wildman–Crippen LogP) is 2.61. The van der Waals surface area contributed by atoms with E-state index in [1.54, 1.807) is 6.21 Å². The lowest BCUT2D eigenvalue weighted by Crippen LogP contribution is -2.12. The molecular weight excluding hydrogens is 172 g/mol. The van der Waals surface area contributed by atoms with Crippen LogP contribution in [0.2, 0.25) is 0 Å². The number of hydrogen-bond donors (Lipinski definition) is 0.